The van der Waals surface area contributed by atoms with Gasteiger partial charge in [0.1, 0.15) is 5.02 Å². The summed E-state index contributed by atoms with van der Waals surface area (Å²) in [6.07, 6.45) is 1.57. The molecule has 0 saturated heterocycles. The first-order chi connectivity index (χ1) is 8.06. The van der Waals surface area contributed by atoms with Crippen LogP contribution in [0.15, 0.2) is 11.0 Å². The zero-order valence-electron chi connectivity index (χ0n) is 9.56. The van der Waals surface area contributed by atoms with Crippen LogP contribution in [0, 0.1) is 0 Å². The van der Waals surface area contributed by atoms with Gasteiger partial charge in [-0.3, -0.25) is 4.79 Å². The number of aliphatic hydroxyl groups excluding tert-OH is 2. The van der Waals surface area contributed by atoms with Gasteiger partial charge in [0.15, 0.2) is 0 Å². The second-order valence-corrected chi connectivity index (χ2v) is 4.07. The second-order valence-electron chi connectivity index (χ2n) is 3.69. The first-order valence-corrected chi connectivity index (χ1v) is 5.72. The van der Waals surface area contributed by atoms with E-state index < -0.39 is 11.7 Å². The van der Waals surface area contributed by atoms with Crippen LogP contribution in [-0.4, -0.2) is 39.2 Å². The van der Waals surface area contributed by atoms with Crippen molar-refractivity contribution in [2.75, 3.05) is 18.5 Å². The first kappa shape index (κ1) is 14.0. The van der Waals surface area contributed by atoms with E-state index in [9.17, 15) is 4.79 Å². The summed E-state index contributed by atoms with van der Waals surface area (Å²) in [5.74, 6) is 0. The number of hydrogen-bond acceptors (Lipinski definition) is 5. The molecule has 0 aliphatic carbocycles. The molecule has 0 bridgehead atoms. The first-order valence-electron chi connectivity index (χ1n) is 5.34. The molecule has 0 aliphatic rings. The number of anilines is 1. The minimum Gasteiger partial charge on any atom is -0.394 e. The summed E-state index contributed by atoms with van der Waals surface area (Å²) in [6.45, 7) is 2.13. The number of rotatable bonds is 6. The number of nitrogens with zero attached hydrogens (tertiary/aromatic N) is 2. The lowest BCUT2D eigenvalue weighted by atomic mass is 10.3. The predicted molar refractivity (Wildman–Crippen MR) is 65.4 cm³/mol. The molecule has 0 fully saturated rings. The van der Waals surface area contributed by atoms with Gasteiger partial charge in [-0.25, -0.2) is 4.68 Å². The summed E-state index contributed by atoms with van der Waals surface area (Å²) >= 11 is 5.87. The van der Waals surface area contributed by atoms with E-state index >= 15 is 0 Å². The molecule has 3 N–H and O–H groups in total. The van der Waals surface area contributed by atoms with Crippen molar-refractivity contribution in [1.82, 2.24) is 9.78 Å². The van der Waals surface area contributed by atoms with Crippen molar-refractivity contribution in [2.24, 2.45) is 0 Å². The minimum absolute atomic E-state index is 0.0408. The molecule has 0 spiro atoms. The molecular formula is C10H16ClN3O3. The molecule has 6 nitrogen and oxygen atoms in total. The van der Waals surface area contributed by atoms with E-state index in [0.717, 1.165) is 4.68 Å². The van der Waals surface area contributed by atoms with Crippen LogP contribution in [0.1, 0.15) is 13.3 Å². The zero-order chi connectivity index (χ0) is 12.8. The Bertz CT molecular complexity index is 420. The molecule has 1 rings (SSSR count). The Labute approximate surface area is 104 Å². The van der Waals surface area contributed by atoms with E-state index in [1.54, 1.807) is 6.92 Å². The van der Waals surface area contributed by atoms with Crippen molar-refractivity contribution < 1.29 is 10.2 Å². The summed E-state index contributed by atoms with van der Waals surface area (Å²) in [6, 6.07) is 0. The van der Waals surface area contributed by atoms with Gasteiger partial charge in [0.2, 0.25) is 0 Å². The molecular weight excluding hydrogens is 246 g/mol. The molecule has 1 aromatic heterocycles. The third kappa shape index (κ3) is 3.99. The van der Waals surface area contributed by atoms with Crippen molar-refractivity contribution in [3.8, 4) is 0 Å². The molecule has 0 saturated carbocycles. The van der Waals surface area contributed by atoms with Crippen molar-refractivity contribution in [3.63, 3.8) is 0 Å². The van der Waals surface area contributed by atoms with Gasteiger partial charge in [0, 0.05) is 6.54 Å². The smallest absolute Gasteiger partial charge is 0.287 e. The maximum Gasteiger partial charge on any atom is 0.287 e. The van der Waals surface area contributed by atoms with Crippen LogP contribution in [0.5, 0.6) is 0 Å². The average molecular weight is 262 g/mol. The Morgan fingerprint density at radius 3 is 2.94 bits per heavy atom. The van der Waals surface area contributed by atoms with E-state index in [0.29, 0.717) is 18.7 Å². The summed E-state index contributed by atoms with van der Waals surface area (Å²) in [5, 5.41) is 24.6. The van der Waals surface area contributed by atoms with Crippen molar-refractivity contribution in [1.29, 1.82) is 0 Å². The van der Waals surface area contributed by atoms with Crippen molar-refractivity contribution in [2.45, 2.75) is 26.0 Å². The topological polar surface area (TPSA) is 87.4 Å². The van der Waals surface area contributed by atoms with Crippen LogP contribution in [0.4, 0.5) is 5.69 Å². The number of aromatic nitrogens is 2. The summed E-state index contributed by atoms with van der Waals surface area (Å²) < 4.78 is 1.10. The number of hydrogen-bond donors (Lipinski definition) is 3. The van der Waals surface area contributed by atoms with E-state index in [2.05, 4.69) is 10.4 Å². The second kappa shape index (κ2) is 6.58. The van der Waals surface area contributed by atoms with Gasteiger partial charge in [-0.15, -0.1) is 0 Å². The summed E-state index contributed by atoms with van der Waals surface area (Å²) in [4.78, 5) is 11.6. The molecule has 1 heterocycles. The van der Waals surface area contributed by atoms with Crippen LogP contribution in [0.2, 0.25) is 5.02 Å². The highest BCUT2D eigenvalue weighted by atomic mass is 35.5. The molecule has 0 aromatic carbocycles. The SMILES string of the molecule is CC(O)CCNc1cnn(CCO)c(=O)c1Cl. The maximum atomic E-state index is 11.6. The summed E-state index contributed by atoms with van der Waals surface area (Å²) in [7, 11) is 0. The molecule has 0 amide bonds. The standard InChI is InChI=1S/C10H16ClN3O3/c1-7(16)2-3-12-8-6-13-14(4-5-15)10(17)9(8)11/h6-7,12,15-16H,2-5H2,1H3. The largest absolute Gasteiger partial charge is 0.394 e. The lowest BCUT2D eigenvalue weighted by Gasteiger charge is -2.10. The van der Waals surface area contributed by atoms with Crippen molar-refractivity contribution >= 4 is 17.3 Å². The van der Waals surface area contributed by atoms with Gasteiger partial charge >= 0.3 is 0 Å². The van der Waals surface area contributed by atoms with Crippen LogP contribution < -0.4 is 10.9 Å². The highest BCUT2D eigenvalue weighted by Crippen LogP contribution is 2.15. The minimum atomic E-state index is -0.442. The lowest BCUT2D eigenvalue weighted by molar-refractivity contribution is 0.188. The van der Waals surface area contributed by atoms with Gasteiger partial charge in [-0.1, -0.05) is 11.6 Å². The summed E-state index contributed by atoms with van der Waals surface area (Å²) in [5.41, 5.74) is -0.00531. The lowest BCUT2D eigenvalue weighted by Crippen LogP contribution is -2.26. The highest BCUT2D eigenvalue weighted by molar-refractivity contribution is 6.32. The van der Waals surface area contributed by atoms with Gasteiger partial charge < -0.3 is 15.5 Å². The third-order valence-corrected chi connectivity index (χ3v) is 2.54. The van der Waals surface area contributed by atoms with Crippen LogP contribution in [0.25, 0.3) is 0 Å². The monoisotopic (exact) mass is 261 g/mol. The molecule has 1 unspecified atom stereocenters. The fraction of sp³-hybridized carbons (Fsp3) is 0.600. The normalized spacial score (nSPS) is 12.5. The molecule has 17 heavy (non-hydrogen) atoms. The van der Waals surface area contributed by atoms with E-state index in [-0.39, 0.29) is 18.2 Å². The molecule has 0 aliphatic heterocycles. The van der Waals surface area contributed by atoms with E-state index in [4.69, 9.17) is 21.8 Å². The van der Waals surface area contributed by atoms with Crippen LogP contribution in [0.3, 0.4) is 0 Å². The van der Waals surface area contributed by atoms with E-state index in [1.807, 2.05) is 0 Å². The van der Waals surface area contributed by atoms with Gasteiger partial charge in [0.25, 0.3) is 5.56 Å². The predicted octanol–water partition coefficient (Wildman–Crippen LogP) is 0.0718. The van der Waals surface area contributed by atoms with E-state index in [1.165, 1.54) is 6.20 Å². The van der Waals surface area contributed by atoms with Gasteiger partial charge in [-0.05, 0) is 13.3 Å². The Kier molecular flexibility index (Phi) is 5.40. The maximum absolute atomic E-state index is 11.6. The molecule has 0 radical (unpaired) electrons. The molecule has 1 atom stereocenters. The average Bonchev–Trinajstić information content (AvgIpc) is 2.28. The zero-order valence-corrected chi connectivity index (χ0v) is 10.3. The van der Waals surface area contributed by atoms with Crippen LogP contribution >= 0.6 is 11.6 Å². The quantitative estimate of drug-likeness (QED) is 0.675. The van der Waals surface area contributed by atoms with Gasteiger partial charge in [0.05, 0.1) is 31.1 Å². The number of halogens is 1. The molecule has 7 heteroatoms. The number of nitrogens with one attached hydrogen (secondary N) is 1. The Balaban J connectivity index is 2.75. The Morgan fingerprint density at radius 2 is 2.35 bits per heavy atom. The van der Waals surface area contributed by atoms with Gasteiger partial charge in [-0.2, -0.15) is 5.10 Å². The Morgan fingerprint density at radius 1 is 1.65 bits per heavy atom. The Hall–Kier alpha value is -1.11. The number of aliphatic hydroxyl groups is 2. The fourth-order valence-corrected chi connectivity index (χ4v) is 1.47. The van der Waals surface area contributed by atoms with Crippen molar-refractivity contribution in [3.05, 3.63) is 21.6 Å². The molecule has 1 aromatic rings. The third-order valence-electron chi connectivity index (χ3n) is 2.17. The van der Waals surface area contributed by atoms with Crippen LogP contribution in [-0.2, 0) is 6.54 Å². The molecule has 96 valence electrons. The highest BCUT2D eigenvalue weighted by Gasteiger charge is 2.08. The fourth-order valence-electron chi connectivity index (χ4n) is 1.26.